The highest BCUT2D eigenvalue weighted by Crippen LogP contribution is 2.19. The summed E-state index contributed by atoms with van der Waals surface area (Å²) in [5, 5.41) is 9.25. The van der Waals surface area contributed by atoms with Gasteiger partial charge in [-0.15, -0.1) is 0 Å². The molecule has 0 fully saturated rings. The van der Waals surface area contributed by atoms with Crippen LogP contribution in [0.2, 0.25) is 0 Å². The van der Waals surface area contributed by atoms with Gasteiger partial charge in [0.15, 0.2) is 0 Å². The van der Waals surface area contributed by atoms with Gasteiger partial charge in [-0.05, 0) is 37.3 Å². The average Bonchev–Trinajstić information content (AvgIpc) is 2.96. The maximum absolute atomic E-state index is 14.0. The lowest BCUT2D eigenvalue weighted by Crippen LogP contribution is -2.19. The van der Waals surface area contributed by atoms with Crippen LogP contribution in [0.4, 0.5) is 20.6 Å². The molecule has 0 aliphatic heterocycles. The number of halogens is 1. The number of amides is 3. The first kappa shape index (κ1) is 17.2. The number of benzene rings is 2. The molecule has 0 aliphatic carbocycles. The van der Waals surface area contributed by atoms with Crippen molar-refractivity contribution in [1.82, 2.24) is 9.78 Å². The van der Waals surface area contributed by atoms with E-state index in [1.54, 1.807) is 49.4 Å². The van der Waals surface area contributed by atoms with Crippen LogP contribution in [0.1, 0.15) is 16.1 Å². The molecule has 4 N–H and O–H groups in total. The monoisotopic (exact) mass is 353 g/mol. The number of aromatic nitrogens is 2. The molecule has 132 valence electrons. The van der Waals surface area contributed by atoms with E-state index in [1.165, 1.54) is 16.9 Å². The number of primary amides is 1. The standard InChI is InChI=1S/C18H16FN5O2/c1-11-14(10-21-24(11)16-8-3-2-7-15(16)19)17(25)22-12-5-4-6-13(9-12)23-18(20)26/h2-10H,1H3,(H,22,25)(H3,20,23,26). The summed E-state index contributed by atoms with van der Waals surface area (Å²) in [6.07, 6.45) is 1.38. The number of nitrogens with two attached hydrogens (primary N) is 1. The summed E-state index contributed by atoms with van der Waals surface area (Å²) in [6, 6.07) is 12.0. The number of para-hydroxylation sites is 1. The van der Waals surface area contributed by atoms with Crippen molar-refractivity contribution in [3.8, 4) is 5.69 Å². The van der Waals surface area contributed by atoms with Crippen molar-refractivity contribution in [1.29, 1.82) is 0 Å². The number of anilines is 2. The summed E-state index contributed by atoms with van der Waals surface area (Å²) in [4.78, 5) is 23.4. The predicted octanol–water partition coefficient (Wildman–Crippen LogP) is 3.06. The van der Waals surface area contributed by atoms with Crippen LogP contribution in [0, 0.1) is 12.7 Å². The fraction of sp³-hybridized carbons (Fsp3) is 0.0556. The van der Waals surface area contributed by atoms with Crippen LogP contribution in [0.3, 0.4) is 0 Å². The van der Waals surface area contributed by atoms with Crippen LogP contribution in [0.25, 0.3) is 5.69 Å². The summed E-state index contributed by atoms with van der Waals surface area (Å²) in [5.74, 6) is -0.836. The zero-order chi connectivity index (χ0) is 18.7. The van der Waals surface area contributed by atoms with Crippen LogP contribution in [-0.2, 0) is 0 Å². The molecule has 0 atom stereocenters. The van der Waals surface area contributed by atoms with Gasteiger partial charge in [-0.1, -0.05) is 18.2 Å². The van der Waals surface area contributed by atoms with Gasteiger partial charge in [0.25, 0.3) is 5.91 Å². The number of carbonyl (C=O) groups is 2. The minimum Gasteiger partial charge on any atom is -0.351 e. The predicted molar refractivity (Wildman–Crippen MR) is 95.9 cm³/mol. The third kappa shape index (κ3) is 3.54. The van der Waals surface area contributed by atoms with Crippen molar-refractivity contribution in [2.24, 2.45) is 5.73 Å². The summed E-state index contributed by atoms with van der Waals surface area (Å²) < 4.78 is 15.3. The van der Waals surface area contributed by atoms with Gasteiger partial charge < -0.3 is 16.4 Å². The Morgan fingerprint density at radius 3 is 2.46 bits per heavy atom. The second kappa shape index (κ2) is 7.06. The van der Waals surface area contributed by atoms with Gasteiger partial charge in [0.2, 0.25) is 0 Å². The first-order valence-electron chi connectivity index (χ1n) is 7.73. The molecule has 0 unspecified atom stereocenters. The first-order valence-corrected chi connectivity index (χ1v) is 7.73. The van der Waals surface area contributed by atoms with Crippen LogP contribution in [-0.4, -0.2) is 21.7 Å². The topological polar surface area (TPSA) is 102 Å². The Bertz CT molecular complexity index is 983. The second-order valence-corrected chi connectivity index (χ2v) is 5.53. The van der Waals surface area contributed by atoms with E-state index >= 15 is 0 Å². The van der Waals surface area contributed by atoms with E-state index in [0.717, 1.165) is 0 Å². The Morgan fingerprint density at radius 2 is 1.77 bits per heavy atom. The van der Waals surface area contributed by atoms with Crippen molar-refractivity contribution in [3.05, 3.63) is 71.8 Å². The maximum atomic E-state index is 14.0. The molecule has 3 amide bonds. The number of nitrogens with one attached hydrogen (secondary N) is 2. The summed E-state index contributed by atoms with van der Waals surface area (Å²) in [6.45, 7) is 1.68. The Morgan fingerprint density at radius 1 is 1.08 bits per heavy atom. The molecule has 0 bridgehead atoms. The summed E-state index contributed by atoms with van der Waals surface area (Å²) >= 11 is 0. The van der Waals surface area contributed by atoms with E-state index in [9.17, 15) is 14.0 Å². The van der Waals surface area contributed by atoms with Crippen molar-refractivity contribution < 1.29 is 14.0 Å². The molecule has 7 nitrogen and oxygen atoms in total. The van der Waals surface area contributed by atoms with Crippen LogP contribution >= 0.6 is 0 Å². The van der Waals surface area contributed by atoms with E-state index in [-0.39, 0.29) is 5.69 Å². The lowest BCUT2D eigenvalue weighted by atomic mass is 10.2. The number of carbonyl (C=O) groups excluding carboxylic acids is 2. The van der Waals surface area contributed by atoms with E-state index < -0.39 is 17.8 Å². The van der Waals surface area contributed by atoms with Gasteiger partial charge in [-0.2, -0.15) is 5.10 Å². The zero-order valence-corrected chi connectivity index (χ0v) is 13.9. The fourth-order valence-corrected chi connectivity index (χ4v) is 2.51. The molecule has 0 radical (unpaired) electrons. The summed E-state index contributed by atoms with van der Waals surface area (Å²) in [5.41, 5.74) is 7.07. The van der Waals surface area contributed by atoms with Gasteiger partial charge in [-0.25, -0.2) is 13.9 Å². The van der Waals surface area contributed by atoms with E-state index in [4.69, 9.17) is 5.73 Å². The zero-order valence-electron chi connectivity index (χ0n) is 13.9. The molecule has 0 spiro atoms. The van der Waals surface area contributed by atoms with Gasteiger partial charge >= 0.3 is 6.03 Å². The lowest BCUT2D eigenvalue weighted by molar-refractivity contribution is 0.102. The molecular formula is C18H16FN5O2. The molecule has 3 rings (SSSR count). The molecule has 0 aliphatic rings. The number of hydrogen-bond acceptors (Lipinski definition) is 3. The molecular weight excluding hydrogens is 337 g/mol. The Hall–Kier alpha value is -3.68. The lowest BCUT2D eigenvalue weighted by Gasteiger charge is -2.08. The minimum atomic E-state index is -0.699. The Balaban J connectivity index is 1.84. The number of nitrogens with zero attached hydrogens (tertiary/aromatic N) is 2. The Labute approximate surface area is 148 Å². The van der Waals surface area contributed by atoms with Crippen molar-refractivity contribution in [2.75, 3.05) is 10.6 Å². The molecule has 3 aromatic rings. The van der Waals surface area contributed by atoms with Gasteiger partial charge in [0.1, 0.15) is 11.5 Å². The van der Waals surface area contributed by atoms with Crippen LogP contribution < -0.4 is 16.4 Å². The quantitative estimate of drug-likeness (QED) is 0.672. The normalized spacial score (nSPS) is 10.4. The van der Waals surface area contributed by atoms with Crippen molar-refractivity contribution >= 4 is 23.3 Å². The highest BCUT2D eigenvalue weighted by atomic mass is 19.1. The third-order valence-corrected chi connectivity index (χ3v) is 3.72. The molecule has 8 heteroatoms. The second-order valence-electron chi connectivity index (χ2n) is 5.53. The van der Waals surface area contributed by atoms with E-state index in [1.807, 2.05) is 0 Å². The van der Waals surface area contributed by atoms with Crippen molar-refractivity contribution in [3.63, 3.8) is 0 Å². The minimum absolute atomic E-state index is 0.261. The van der Waals surface area contributed by atoms with Crippen LogP contribution in [0.5, 0.6) is 0 Å². The summed E-state index contributed by atoms with van der Waals surface area (Å²) in [7, 11) is 0. The number of hydrogen-bond donors (Lipinski definition) is 3. The molecule has 2 aromatic carbocycles. The van der Waals surface area contributed by atoms with E-state index in [2.05, 4.69) is 15.7 Å². The van der Waals surface area contributed by atoms with Crippen LogP contribution in [0.15, 0.2) is 54.7 Å². The van der Waals surface area contributed by atoms with Gasteiger partial charge in [0.05, 0.1) is 17.5 Å². The van der Waals surface area contributed by atoms with Gasteiger partial charge in [-0.3, -0.25) is 4.79 Å². The Kier molecular flexibility index (Phi) is 4.66. The average molecular weight is 353 g/mol. The molecule has 0 saturated carbocycles. The SMILES string of the molecule is Cc1c(C(=O)Nc2cccc(NC(N)=O)c2)cnn1-c1ccccc1F. The van der Waals surface area contributed by atoms with Crippen molar-refractivity contribution in [2.45, 2.75) is 6.92 Å². The molecule has 26 heavy (non-hydrogen) atoms. The molecule has 1 heterocycles. The highest BCUT2D eigenvalue weighted by molar-refractivity contribution is 6.05. The van der Waals surface area contributed by atoms with E-state index in [0.29, 0.717) is 22.6 Å². The number of rotatable bonds is 4. The maximum Gasteiger partial charge on any atom is 0.316 e. The van der Waals surface area contributed by atoms with Gasteiger partial charge in [0, 0.05) is 11.4 Å². The third-order valence-electron chi connectivity index (χ3n) is 3.72. The fourth-order valence-electron chi connectivity index (χ4n) is 2.51. The highest BCUT2D eigenvalue weighted by Gasteiger charge is 2.17. The largest absolute Gasteiger partial charge is 0.351 e. The smallest absolute Gasteiger partial charge is 0.316 e. The molecule has 0 saturated heterocycles. The first-order chi connectivity index (χ1) is 12.5. The number of urea groups is 1. The molecule has 1 aromatic heterocycles.